The molecule has 0 saturated heterocycles. The van der Waals surface area contributed by atoms with Gasteiger partial charge in [0, 0.05) is 10.0 Å². The van der Waals surface area contributed by atoms with E-state index < -0.39 is 0 Å². The average molecular weight is 295 g/mol. The summed E-state index contributed by atoms with van der Waals surface area (Å²) in [6.45, 7) is 4.41. The van der Waals surface area contributed by atoms with Crippen molar-refractivity contribution in [2.75, 3.05) is 0 Å². The Morgan fingerprint density at radius 2 is 1.47 bits per heavy atom. The van der Waals surface area contributed by atoms with E-state index in [0.717, 1.165) is 12.2 Å². The molecule has 0 saturated carbocycles. The fourth-order valence-corrected chi connectivity index (χ4v) is 2.39. The highest BCUT2D eigenvalue weighted by molar-refractivity contribution is 6.34. The van der Waals surface area contributed by atoms with Crippen LogP contribution in [0.15, 0.2) is 42.5 Å². The van der Waals surface area contributed by atoms with Crippen molar-refractivity contribution in [3.05, 3.63) is 58.1 Å². The highest BCUT2D eigenvalue weighted by Gasteiger charge is 2.02. The van der Waals surface area contributed by atoms with Crippen LogP contribution in [0.5, 0.6) is 11.5 Å². The molecule has 0 spiro atoms. The maximum absolute atomic E-state index is 5.93. The summed E-state index contributed by atoms with van der Waals surface area (Å²) in [5.41, 5.74) is 1.31. The number of ether oxygens (including phenoxy) is 1. The molecular weight excluding hydrogens is 279 g/mol. The van der Waals surface area contributed by atoms with Crippen molar-refractivity contribution in [2.24, 2.45) is 5.92 Å². The molecule has 0 fully saturated rings. The molecule has 0 radical (unpaired) electrons. The third kappa shape index (κ3) is 4.45. The van der Waals surface area contributed by atoms with Gasteiger partial charge in [-0.05, 0) is 48.2 Å². The second kappa shape index (κ2) is 6.31. The monoisotopic (exact) mass is 294 g/mol. The van der Waals surface area contributed by atoms with Crippen LogP contribution in [0.25, 0.3) is 0 Å². The number of halogens is 2. The minimum Gasteiger partial charge on any atom is -0.457 e. The summed E-state index contributed by atoms with van der Waals surface area (Å²) in [7, 11) is 0. The molecule has 100 valence electrons. The first-order valence-corrected chi connectivity index (χ1v) is 7.01. The molecule has 0 aliphatic carbocycles. The third-order valence-electron chi connectivity index (χ3n) is 2.64. The van der Waals surface area contributed by atoms with E-state index in [4.69, 9.17) is 27.9 Å². The first-order valence-electron chi connectivity index (χ1n) is 6.26. The topological polar surface area (TPSA) is 9.23 Å². The Balaban J connectivity index is 2.10. The van der Waals surface area contributed by atoms with Gasteiger partial charge < -0.3 is 4.74 Å². The molecule has 0 amide bonds. The Labute approximate surface area is 124 Å². The van der Waals surface area contributed by atoms with Crippen LogP contribution in [0.4, 0.5) is 0 Å². The fourth-order valence-electron chi connectivity index (χ4n) is 1.89. The Kier molecular flexibility index (Phi) is 4.73. The van der Waals surface area contributed by atoms with Crippen molar-refractivity contribution in [2.45, 2.75) is 20.3 Å². The predicted octanol–water partition coefficient (Wildman–Crippen LogP) is 5.98. The van der Waals surface area contributed by atoms with E-state index in [2.05, 4.69) is 26.0 Å². The van der Waals surface area contributed by atoms with E-state index in [0.29, 0.717) is 21.7 Å². The molecule has 2 rings (SSSR count). The third-order valence-corrected chi connectivity index (χ3v) is 3.08. The molecule has 1 nitrogen and oxygen atoms in total. The van der Waals surface area contributed by atoms with Crippen LogP contribution >= 0.6 is 23.2 Å². The van der Waals surface area contributed by atoms with Gasteiger partial charge in [0.1, 0.15) is 11.5 Å². The smallest absolute Gasteiger partial charge is 0.130 e. The lowest BCUT2D eigenvalue weighted by Gasteiger charge is -2.09. The highest BCUT2D eigenvalue weighted by atomic mass is 35.5. The zero-order valence-corrected chi connectivity index (χ0v) is 12.5. The summed E-state index contributed by atoms with van der Waals surface area (Å²) in [5.74, 6) is 2.08. The summed E-state index contributed by atoms with van der Waals surface area (Å²) in [6, 6.07) is 13.3. The van der Waals surface area contributed by atoms with Gasteiger partial charge in [0.05, 0.1) is 0 Å². The SMILES string of the molecule is CC(C)Cc1ccc(Oc2cc(Cl)cc(Cl)c2)cc1. The average Bonchev–Trinajstić information content (AvgIpc) is 2.29. The van der Waals surface area contributed by atoms with E-state index >= 15 is 0 Å². The van der Waals surface area contributed by atoms with Gasteiger partial charge in [-0.25, -0.2) is 0 Å². The van der Waals surface area contributed by atoms with Crippen LogP contribution in [0.2, 0.25) is 10.0 Å². The molecule has 0 heterocycles. The van der Waals surface area contributed by atoms with E-state index in [1.807, 2.05) is 12.1 Å². The summed E-state index contributed by atoms with van der Waals surface area (Å²) in [5, 5.41) is 1.14. The van der Waals surface area contributed by atoms with Gasteiger partial charge in [-0.1, -0.05) is 49.2 Å². The summed E-state index contributed by atoms with van der Waals surface area (Å²) in [6.07, 6.45) is 1.07. The maximum Gasteiger partial charge on any atom is 0.130 e. The lowest BCUT2D eigenvalue weighted by Crippen LogP contribution is -1.93. The van der Waals surface area contributed by atoms with Gasteiger partial charge in [-0.15, -0.1) is 0 Å². The lowest BCUT2D eigenvalue weighted by molar-refractivity contribution is 0.482. The second-order valence-corrected chi connectivity index (χ2v) is 5.82. The van der Waals surface area contributed by atoms with E-state index in [1.165, 1.54) is 5.56 Å². The Morgan fingerprint density at radius 3 is 2.00 bits per heavy atom. The van der Waals surface area contributed by atoms with Crippen molar-refractivity contribution in [1.29, 1.82) is 0 Å². The summed E-state index contributed by atoms with van der Waals surface area (Å²) in [4.78, 5) is 0. The molecule has 0 aliphatic rings. The van der Waals surface area contributed by atoms with Crippen LogP contribution in [0.3, 0.4) is 0 Å². The molecule has 0 aliphatic heterocycles. The first-order chi connectivity index (χ1) is 9.02. The molecule has 2 aromatic rings. The van der Waals surface area contributed by atoms with Crippen LogP contribution in [-0.2, 0) is 6.42 Å². The number of rotatable bonds is 4. The molecular formula is C16H16Cl2O. The second-order valence-electron chi connectivity index (χ2n) is 4.95. The lowest BCUT2D eigenvalue weighted by atomic mass is 10.0. The quantitative estimate of drug-likeness (QED) is 0.673. The molecule has 0 aromatic heterocycles. The number of hydrogen-bond acceptors (Lipinski definition) is 1. The van der Waals surface area contributed by atoms with Gasteiger partial charge in [0.2, 0.25) is 0 Å². The van der Waals surface area contributed by atoms with Gasteiger partial charge in [0.15, 0.2) is 0 Å². The van der Waals surface area contributed by atoms with Crippen molar-refractivity contribution in [3.8, 4) is 11.5 Å². The van der Waals surface area contributed by atoms with E-state index in [-0.39, 0.29) is 0 Å². The van der Waals surface area contributed by atoms with Gasteiger partial charge in [-0.2, -0.15) is 0 Å². The van der Waals surface area contributed by atoms with E-state index in [9.17, 15) is 0 Å². The molecule has 2 aromatic carbocycles. The van der Waals surface area contributed by atoms with Gasteiger partial charge in [-0.3, -0.25) is 0 Å². The van der Waals surface area contributed by atoms with Gasteiger partial charge >= 0.3 is 0 Å². The molecule has 3 heteroatoms. The molecule has 0 bridgehead atoms. The summed E-state index contributed by atoms with van der Waals surface area (Å²) >= 11 is 11.9. The minimum atomic E-state index is 0.568. The normalized spacial score (nSPS) is 10.8. The number of hydrogen-bond donors (Lipinski definition) is 0. The van der Waals surface area contributed by atoms with Crippen molar-refractivity contribution >= 4 is 23.2 Å². The molecule has 19 heavy (non-hydrogen) atoms. The molecule has 0 N–H and O–H groups in total. The zero-order chi connectivity index (χ0) is 13.8. The van der Waals surface area contributed by atoms with Crippen molar-refractivity contribution in [3.63, 3.8) is 0 Å². The van der Waals surface area contributed by atoms with Crippen LogP contribution in [-0.4, -0.2) is 0 Å². The zero-order valence-electron chi connectivity index (χ0n) is 11.0. The van der Waals surface area contributed by atoms with Crippen LogP contribution in [0.1, 0.15) is 19.4 Å². The van der Waals surface area contributed by atoms with Crippen molar-refractivity contribution < 1.29 is 4.74 Å². The highest BCUT2D eigenvalue weighted by Crippen LogP contribution is 2.28. The van der Waals surface area contributed by atoms with Gasteiger partial charge in [0.25, 0.3) is 0 Å². The van der Waals surface area contributed by atoms with Crippen LogP contribution < -0.4 is 4.74 Å². The number of benzene rings is 2. The predicted molar refractivity (Wildman–Crippen MR) is 81.5 cm³/mol. The fraction of sp³-hybridized carbons (Fsp3) is 0.250. The largest absolute Gasteiger partial charge is 0.457 e. The van der Waals surface area contributed by atoms with Crippen molar-refractivity contribution in [1.82, 2.24) is 0 Å². The Morgan fingerprint density at radius 1 is 0.895 bits per heavy atom. The van der Waals surface area contributed by atoms with E-state index in [1.54, 1.807) is 18.2 Å². The Hall–Kier alpha value is -1.18. The molecule has 0 unspecified atom stereocenters. The van der Waals surface area contributed by atoms with Crippen LogP contribution in [0, 0.1) is 5.92 Å². The molecule has 0 atom stereocenters. The Bertz CT molecular complexity index is 527. The minimum absolute atomic E-state index is 0.568. The summed E-state index contributed by atoms with van der Waals surface area (Å²) < 4.78 is 5.73. The standard InChI is InChI=1S/C16H16Cl2O/c1-11(2)7-12-3-5-15(6-4-12)19-16-9-13(17)8-14(18)10-16/h3-6,8-11H,7H2,1-2H3. The maximum atomic E-state index is 5.93. The first kappa shape index (κ1) is 14.2.